The van der Waals surface area contributed by atoms with Crippen LogP contribution < -0.4 is 5.32 Å². The summed E-state index contributed by atoms with van der Waals surface area (Å²) >= 11 is 1.21. The number of hydrogen-bond donors (Lipinski definition) is 1. The van der Waals surface area contributed by atoms with Crippen LogP contribution >= 0.6 is 11.3 Å². The molecule has 1 amide bonds. The number of carbonyl (C=O) groups is 3. The van der Waals surface area contributed by atoms with Crippen LogP contribution in [0.3, 0.4) is 0 Å². The molecule has 1 aromatic heterocycles. The van der Waals surface area contributed by atoms with Crippen LogP contribution in [0.1, 0.15) is 59.5 Å². The van der Waals surface area contributed by atoms with Gasteiger partial charge in [-0.3, -0.25) is 9.59 Å². The number of nitrogens with one attached hydrogen (secondary N) is 1. The van der Waals surface area contributed by atoms with Gasteiger partial charge in [0, 0.05) is 23.4 Å². The zero-order chi connectivity index (χ0) is 24.8. The standard InChI is InChI=1S/C23H30N2O6S2/c1-6-25(7-2)33(29,30)18-10-8-9-16(13-18)21(27)31-15-19(26)20-12-11-17(32-20)14-24-22(28)23(3,4)5/h8-13H,6-7,14-15H2,1-5H3,(H,24,28). The second-order valence-corrected chi connectivity index (χ2v) is 11.4. The molecular formula is C23H30N2O6S2. The van der Waals surface area contributed by atoms with Crippen LogP contribution in [0, 0.1) is 5.41 Å². The maximum absolute atomic E-state index is 12.7. The van der Waals surface area contributed by atoms with E-state index in [9.17, 15) is 22.8 Å². The second-order valence-electron chi connectivity index (χ2n) is 8.32. The molecule has 0 bridgehead atoms. The molecule has 2 rings (SSSR count). The summed E-state index contributed by atoms with van der Waals surface area (Å²) in [6.07, 6.45) is 0. The van der Waals surface area contributed by atoms with Crippen LogP contribution in [-0.4, -0.2) is 50.1 Å². The molecule has 180 valence electrons. The van der Waals surface area contributed by atoms with E-state index in [4.69, 9.17) is 4.74 Å². The number of carbonyl (C=O) groups excluding carboxylic acids is 3. The minimum absolute atomic E-state index is 0.00724. The number of Topliss-reactive ketones (excluding diaryl/α,β-unsaturated/α-hetero) is 1. The molecule has 0 aliphatic rings. The van der Waals surface area contributed by atoms with E-state index in [1.807, 2.05) is 20.8 Å². The third-order valence-corrected chi connectivity index (χ3v) is 7.96. The van der Waals surface area contributed by atoms with Gasteiger partial charge in [0.2, 0.25) is 21.7 Å². The Morgan fingerprint density at radius 3 is 2.33 bits per heavy atom. The smallest absolute Gasteiger partial charge is 0.338 e. The lowest BCUT2D eigenvalue weighted by molar-refractivity contribution is -0.128. The molecule has 0 unspecified atom stereocenters. The van der Waals surface area contributed by atoms with Crippen molar-refractivity contribution in [2.75, 3.05) is 19.7 Å². The van der Waals surface area contributed by atoms with Crippen molar-refractivity contribution in [3.05, 3.63) is 51.7 Å². The van der Waals surface area contributed by atoms with Crippen LogP contribution in [-0.2, 0) is 26.1 Å². The van der Waals surface area contributed by atoms with E-state index in [1.54, 1.807) is 26.0 Å². The maximum atomic E-state index is 12.7. The Balaban J connectivity index is 1.99. The highest BCUT2D eigenvalue weighted by molar-refractivity contribution is 7.89. The lowest BCUT2D eigenvalue weighted by Crippen LogP contribution is -2.34. The van der Waals surface area contributed by atoms with Gasteiger partial charge >= 0.3 is 5.97 Å². The van der Waals surface area contributed by atoms with Crippen molar-refractivity contribution in [3.8, 4) is 0 Å². The summed E-state index contributed by atoms with van der Waals surface area (Å²) in [5, 5.41) is 2.82. The third kappa shape index (κ3) is 6.96. The highest BCUT2D eigenvalue weighted by atomic mass is 32.2. The monoisotopic (exact) mass is 494 g/mol. The number of hydrogen-bond acceptors (Lipinski definition) is 7. The van der Waals surface area contributed by atoms with Crippen LogP contribution in [0.15, 0.2) is 41.3 Å². The Morgan fingerprint density at radius 1 is 1.06 bits per heavy atom. The zero-order valence-corrected chi connectivity index (χ0v) is 21.1. The second kappa shape index (κ2) is 11.0. The molecule has 0 fully saturated rings. The average molecular weight is 495 g/mol. The number of benzene rings is 1. The van der Waals surface area contributed by atoms with Gasteiger partial charge in [-0.2, -0.15) is 4.31 Å². The Bertz CT molecular complexity index is 1110. The first-order chi connectivity index (χ1) is 15.4. The van der Waals surface area contributed by atoms with E-state index < -0.39 is 28.0 Å². The molecule has 0 aliphatic carbocycles. The van der Waals surface area contributed by atoms with E-state index in [-0.39, 0.29) is 22.1 Å². The van der Waals surface area contributed by atoms with Crippen molar-refractivity contribution >= 4 is 39.0 Å². The fraction of sp³-hybridized carbons (Fsp3) is 0.435. The summed E-state index contributed by atoms with van der Waals surface area (Å²) in [5.74, 6) is -1.26. The predicted octanol–water partition coefficient (Wildman–Crippen LogP) is 3.48. The fourth-order valence-electron chi connectivity index (χ4n) is 2.84. The number of nitrogens with zero attached hydrogens (tertiary/aromatic N) is 1. The van der Waals surface area contributed by atoms with Crippen LogP contribution in [0.25, 0.3) is 0 Å². The molecule has 0 aliphatic heterocycles. The minimum Gasteiger partial charge on any atom is -0.454 e. The number of ether oxygens (including phenoxy) is 1. The summed E-state index contributed by atoms with van der Waals surface area (Å²) < 4.78 is 31.7. The highest BCUT2D eigenvalue weighted by Crippen LogP contribution is 2.20. The number of thiophene rings is 1. The van der Waals surface area contributed by atoms with Gasteiger partial charge in [0.1, 0.15) is 0 Å². The lowest BCUT2D eigenvalue weighted by Gasteiger charge is -2.18. The first-order valence-corrected chi connectivity index (χ1v) is 12.8. The topological polar surface area (TPSA) is 110 Å². The molecule has 33 heavy (non-hydrogen) atoms. The molecule has 0 radical (unpaired) electrons. The molecule has 1 aromatic carbocycles. The molecule has 8 nitrogen and oxygen atoms in total. The van der Waals surface area contributed by atoms with Gasteiger partial charge in [0.15, 0.2) is 6.61 Å². The summed E-state index contributed by atoms with van der Waals surface area (Å²) in [7, 11) is -3.72. The fourth-order valence-corrected chi connectivity index (χ4v) is 5.21. The van der Waals surface area contributed by atoms with E-state index in [1.165, 1.54) is 39.9 Å². The van der Waals surface area contributed by atoms with Gasteiger partial charge in [-0.05, 0) is 30.3 Å². The number of esters is 1. The van der Waals surface area contributed by atoms with Gasteiger partial charge < -0.3 is 10.1 Å². The number of amides is 1. The maximum Gasteiger partial charge on any atom is 0.338 e. The highest BCUT2D eigenvalue weighted by Gasteiger charge is 2.23. The average Bonchev–Trinajstić information content (AvgIpc) is 3.24. The molecule has 2 aromatic rings. The molecule has 0 saturated carbocycles. The molecule has 0 atom stereocenters. The van der Waals surface area contributed by atoms with E-state index in [2.05, 4.69) is 5.32 Å². The molecule has 1 N–H and O–H groups in total. The normalized spacial score (nSPS) is 11.9. The number of ketones is 1. The van der Waals surface area contributed by atoms with Gasteiger partial charge in [0.05, 0.1) is 21.9 Å². The first-order valence-electron chi connectivity index (χ1n) is 10.6. The summed E-state index contributed by atoms with van der Waals surface area (Å²) in [6, 6.07) is 8.94. The number of rotatable bonds is 10. The molecule has 0 spiro atoms. The summed E-state index contributed by atoms with van der Waals surface area (Å²) in [5.41, 5.74) is -0.459. The van der Waals surface area contributed by atoms with Crippen molar-refractivity contribution in [1.29, 1.82) is 0 Å². The summed E-state index contributed by atoms with van der Waals surface area (Å²) in [6.45, 7) is 9.37. The van der Waals surface area contributed by atoms with Gasteiger partial charge in [-0.1, -0.05) is 40.7 Å². The Kier molecular flexibility index (Phi) is 8.93. The Hall–Kier alpha value is -2.56. The van der Waals surface area contributed by atoms with E-state index >= 15 is 0 Å². The largest absolute Gasteiger partial charge is 0.454 e. The van der Waals surface area contributed by atoms with Crippen molar-refractivity contribution < 1.29 is 27.5 Å². The van der Waals surface area contributed by atoms with Crippen molar-refractivity contribution in [2.24, 2.45) is 5.41 Å². The SMILES string of the molecule is CCN(CC)S(=O)(=O)c1cccc(C(=O)OCC(=O)c2ccc(CNC(=O)C(C)(C)C)s2)c1. The predicted molar refractivity (Wildman–Crippen MR) is 127 cm³/mol. The Morgan fingerprint density at radius 2 is 1.73 bits per heavy atom. The van der Waals surface area contributed by atoms with Crippen LogP contribution in [0.2, 0.25) is 0 Å². The molecule has 0 saturated heterocycles. The Labute approximate surface area is 199 Å². The van der Waals surface area contributed by atoms with Crippen molar-refractivity contribution in [2.45, 2.75) is 46.1 Å². The lowest BCUT2D eigenvalue weighted by atomic mass is 9.96. The van der Waals surface area contributed by atoms with Crippen molar-refractivity contribution in [1.82, 2.24) is 9.62 Å². The third-order valence-electron chi connectivity index (χ3n) is 4.79. The van der Waals surface area contributed by atoms with Crippen LogP contribution in [0.5, 0.6) is 0 Å². The molecule has 1 heterocycles. The molecular weight excluding hydrogens is 464 g/mol. The van der Waals surface area contributed by atoms with E-state index in [0.29, 0.717) is 24.5 Å². The van der Waals surface area contributed by atoms with Gasteiger partial charge in [-0.25, -0.2) is 13.2 Å². The van der Waals surface area contributed by atoms with E-state index in [0.717, 1.165) is 4.88 Å². The van der Waals surface area contributed by atoms with Gasteiger partial charge in [0.25, 0.3) is 0 Å². The van der Waals surface area contributed by atoms with Gasteiger partial charge in [-0.15, -0.1) is 11.3 Å². The molecule has 10 heteroatoms. The first kappa shape index (κ1) is 26.7. The zero-order valence-electron chi connectivity index (χ0n) is 19.5. The quantitative estimate of drug-likeness (QED) is 0.400. The number of sulfonamides is 1. The minimum atomic E-state index is -3.72. The van der Waals surface area contributed by atoms with Crippen LogP contribution in [0.4, 0.5) is 0 Å². The van der Waals surface area contributed by atoms with Crippen molar-refractivity contribution in [3.63, 3.8) is 0 Å². The summed E-state index contributed by atoms with van der Waals surface area (Å²) in [4.78, 5) is 38.0.